The molecule has 0 aliphatic heterocycles. The standard InChI is InChI=1S/C20H18O4S/c1-3-18(21)20-17-7-5-4-6-15(17)10-13-19(20)24-25(22,23)16-11-8-14(2)9-12-16/h4-13H,3H2,1-2H3. The number of fused-ring (bicyclic) bond motifs is 1. The van der Waals surface area contributed by atoms with Crippen LogP contribution in [0.4, 0.5) is 0 Å². The summed E-state index contributed by atoms with van der Waals surface area (Å²) in [7, 11) is -4.02. The van der Waals surface area contributed by atoms with Crippen LogP contribution in [0.5, 0.6) is 5.75 Å². The number of carbonyl (C=O) groups is 1. The number of aryl methyl sites for hydroxylation is 1. The fourth-order valence-corrected chi connectivity index (χ4v) is 3.60. The van der Waals surface area contributed by atoms with Crippen molar-refractivity contribution >= 4 is 26.7 Å². The molecule has 0 radical (unpaired) electrons. The lowest BCUT2D eigenvalue weighted by molar-refractivity contribution is 0.0988. The monoisotopic (exact) mass is 354 g/mol. The molecule has 3 aromatic carbocycles. The van der Waals surface area contributed by atoms with Gasteiger partial charge in [0.2, 0.25) is 0 Å². The maximum Gasteiger partial charge on any atom is 0.339 e. The Hall–Kier alpha value is -2.66. The maximum absolute atomic E-state index is 12.6. The fraction of sp³-hybridized carbons (Fsp3) is 0.150. The number of benzene rings is 3. The van der Waals surface area contributed by atoms with Gasteiger partial charge >= 0.3 is 10.1 Å². The third-order valence-corrected chi connectivity index (χ3v) is 5.25. The van der Waals surface area contributed by atoms with E-state index >= 15 is 0 Å². The highest BCUT2D eigenvalue weighted by molar-refractivity contribution is 7.87. The van der Waals surface area contributed by atoms with Crippen molar-refractivity contribution in [3.8, 4) is 5.75 Å². The van der Waals surface area contributed by atoms with Crippen LogP contribution in [0.3, 0.4) is 0 Å². The molecular weight excluding hydrogens is 336 g/mol. The molecule has 0 aromatic heterocycles. The molecule has 128 valence electrons. The quantitative estimate of drug-likeness (QED) is 0.500. The van der Waals surface area contributed by atoms with E-state index in [9.17, 15) is 13.2 Å². The second-order valence-corrected chi connectivity index (χ2v) is 7.33. The van der Waals surface area contributed by atoms with Gasteiger partial charge in [-0.3, -0.25) is 4.79 Å². The Bertz CT molecular complexity index is 1030. The topological polar surface area (TPSA) is 60.4 Å². The third-order valence-electron chi connectivity index (χ3n) is 4.00. The Morgan fingerprint density at radius 3 is 2.32 bits per heavy atom. The molecule has 0 saturated carbocycles. The van der Waals surface area contributed by atoms with E-state index in [1.165, 1.54) is 18.2 Å². The van der Waals surface area contributed by atoms with Gasteiger partial charge in [0.25, 0.3) is 0 Å². The minimum atomic E-state index is -4.02. The first kappa shape index (κ1) is 17.2. The van der Waals surface area contributed by atoms with E-state index in [0.29, 0.717) is 10.9 Å². The Balaban J connectivity index is 2.12. The number of carbonyl (C=O) groups excluding carboxylic acids is 1. The molecule has 0 bridgehead atoms. The van der Waals surface area contributed by atoms with Gasteiger partial charge < -0.3 is 4.18 Å². The van der Waals surface area contributed by atoms with E-state index in [0.717, 1.165) is 10.9 Å². The molecule has 25 heavy (non-hydrogen) atoms. The van der Waals surface area contributed by atoms with Gasteiger partial charge in [0.15, 0.2) is 11.5 Å². The molecule has 0 fully saturated rings. The lowest BCUT2D eigenvalue weighted by Gasteiger charge is -2.13. The molecule has 0 heterocycles. The zero-order valence-electron chi connectivity index (χ0n) is 14.0. The summed E-state index contributed by atoms with van der Waals surface area (Å²) in [5.41, 5.74) is 1.25. The van der Waals surface area contributed by atoms with Gasteiger partial charge in [-0.1, -0.05) is 55.0 Å². The molecule has 0 saturated heterocycles. The summed E-state index contributed by atoms with van der Waals surface area (Å²) in [5, 5.41) is 1.55. The molecule has 0 spiro atoms. The molecule has 0 amide bonds. The molecular formula is C20H18O4S. The third kappa shape index (κ3) is 3.42. The van der Waals surface area contributed by atoms with Crippen LogP contribution in [0.1, 0.15) is 29.3 Å². The second-order valence-electron chi connectivity index (χ2n) is 5.79. The van der Waals surface area contributed by atoms with Crippen LogP contribution in [-0.4, -0.2) is 14.2 Å². The summed E-state index contributed by atoms with van der Waals surface area (Å²) in [6.07, 6.45) is 0.259. The first-order chi connectivity index (χ1) is 11.9. The van der Waals surface area contributed by atoms with Gasteiger partial charge in [0.05, 0.1) is 5.56 Å². The summed E-state index contributed by atoms with van der Waals surface area (Å²) in [6, 6.07) is 17.0. The van der Waals surface area contributed by atoms with E-state index in [1.807, 2.05) is 25.1 Å². The normalized spacial score (nSPS) is 11.4. The highest BCUT2D eigenvalue weighted by Gasteiger charge is 2.22. The first-order valence-electron chi connectivity index (χ1n) is 7.98. The number of hydrogen-bond donors (Lipinski definition) is 0. The minimum Gasteiger partial charge on any atom is -0.378 e. The Labute approximate surface area is 147 Å². The van der Waals surface area contributed by atoms with Gasteiger partial charge in [0.1, 0.15) is 4.90 Å². The van der Waals surface area contributed by atoms with Crippen LogP contribution >= 0.6 is 0 Å². The maximum atomic E-state index is 12.6. The van der Waals surface area contributed by atoms with Crippen LogP contribution in [0.2, 0.25) is 0 Å². The summed E-state index contributed by atoms with van der Waals surface area (Å²) >= 11 is 0. The van der Waals surface area contributed by atoms with Crippen LogP contribution in [0.15, 0.2) is 65.6 Å². The van der Waals surface area contributed by atoms with Crippen molar-refractivity contribution in [2.45, 2.75) is 25.2 Å². The zero-order valence-corrected chi connectivity index (χ0v) is 14.8. The van der Waals surface area contributed by atoms with Crippen LogP contribution in [0.25, 0.3) is 10.8 Å². The molecule has 3 rings (SSSR count). The zero-order chi connectivity index (χ0) is 18.0. The summed E-state index contributed by atoms with van der Waals surface area (Å²) in [6.45, 7) is 3.61. The van der Waals surface area contributed by atoms with Crippen molar-refractivity contribution in [2.24, 2.45) is 0 Å². The first-order valence-corrected chi connectivity index (χ1v) is 9.39. The van der Waals surface area contributed by atoms with Crippen LogP contribution < -0.4 is 4.18 Å². The second kappa shape index (κ2) is 6.69. The number of rotatable bonds is 5. The molecule has 0 atom stereocenters. The van der Waals surface area contributed by atoms with E-state index in [-0.39, 0.29) is 22.8 Å². The number of Topliss-reactive ketones (excluding diaryl/α,β-unsaturated/α-hetero) is 1. The van der Waals surface area contributed by atoms with Crippen LogP contribution in [-0.2, 0) is 10.1 Å². The van der Waals surface area contributed by atoms with E-state index in [4.69, 9.17) is 4.18 Å². The van der Waals surface area contributed by atoms with E-state index in [1.54, 1.807) is 31.2 Å². The van der Waals surface area contributed by atoms with E-state index < -0.39 is 10.1 Å². The van der Waals surface area contributed by atoms with Crippen molar-refractivity contribution in [1.82, 2.24) is 0 Å². The van der Waals surface area contributed by atoms with Gasteiger partial charge in [-0.25, -0.2) is 0 Å². The van der Waals surface area contributed by atoms with Gasteiger partial charge in [-0.2, -0.15) is 8.42 Å². The SMILES string of the molecule is CCC(=O)c1c(OS(=O)(=O)c2ccc(C)cc2)ccc2ccccc12. The Kier molecular flexibility index (Phi) is 4.59. The van der Waals surface area contributed by atoms with Crippen molar-refractivity contribution in [2.75, 3.05) is 0 Å². The Morgan fingerprint density at radius 2 is 1.64 bits per heavy atom. The molecule has 0 N–H and O–H groups in total. The lowest BCUT2D eigenvalue weighted by Crippen LogP contribution is -2.12. The average Bonchev–Trinajstić information content (AvgIpc) is 2.61. The molecule has 3 aromatic rings. The fourth-order valence-electron chi connectivity index (χ4n) is 2.66. The minimum absolute atomic E-state index is 0.0566. The summed E-state index contributed by atoms with van der Waals surface area (Å²) in [4.78, 5) is 12.5. The molecule has 0 aliphatic carbocycles. The number of hydrogen-bond acceptors (Lipinski definition) is 4. The average molecular weight is 354 g/mol. The van der Waals surface area contributed by atoms with Crippen molar-refractivity contribution < 1.29 is 17.4 Å². The number of ketones is 1. The lowest BCUT2D eigenvalue weighted by atomic mass is 9.99. The Morgan fingerprint density at radius 1 is 0.960 bits per heavy atom. The summed E-state index contributed by atoms with van der Waals surface area (Å²) in [5.74, 6) is -0.1000. The largest absolute Gasteiger partial charge is 0.378 e. The van der Waals surface area contributed by atoms with Crippen molar-refractivity contribution in [1.29, 1.82) is 0 Å². The van der Waals surface area contributed by atoms with Crippen molar-refractivity contribution in [3.05, 3.63) is 71.8 Å². The van der Waals surface area contributed by atoms with Gasteiger partial charge in [0, 0.05) is 6.42 Å². The predicted octanol–water partition coefficient (Wildman–Crippen LogP) is 4.51. The predicted molar refractivity (Wildman–Crippen MR) is 97.6 cm³/mol. The molecule has 0 aliphatic rings. The summed E-state index contributed by atoms with van der Waals surface area (Å²) < 4.78 is 30.5. The molecule has 0 unspecified atom stereocenters. The highest BCUT2D eigenvalue weighted by atomic mass is 32.2. The molecule has 5 heteroatoms. The smallest absolute Gasteiger partial charge is 0.339 e. The van der Waals surface area contributed by atoms with Crippen LogP contribution in [0, 0.1) is 6.92 Å². The van der Waals surface area contributed by atoms with Gasteiger partial charge in [-0.05, 0) is 35.9 Å². The van der Waals surface area contributed by atoms with Gasteiger partial charge in [-0.15, -0.1) is 0 Å². The van der Waals surface area contributed by atoms with Crippen molar-refractivity contribution in [3.63, 3.8) is 0 Å². The molecule has 4 nitrogen and oxygen atoms in total. The van der Waals surface area contributed by atoms with E-state index in [2.05, 4.69) is 0 Å². The highest BCUT2D eigenvalue weighted by Crippen LogP contribution is 2.31.